The molecule has 0 N–H and O–H groups in total. The Morgan fingerprint density at radius 3 is 2.48 bits per heavy atom. The summed E-state index contributed by atoms with van der Waals surface area (Å²) in [6, 6.07) is 20.5. The molecule has 0 aliphatic heterocycles. The van der Waals surface area contributed by atoms with E-state index in [1.54, 1.807) is 0 Å². The average molecular weight is 509 g/mol. The standard InChI is InChI=1S/C23H26N.Ir/c1-2-3-4-5-6-7-10-19-13-15-21(16-14-19)23-22-12-9-8-11-20(22)17-18-24-23;/h8-9,11-15,17-18H,2-7,10H2,1H3;/q-1;. The second-order valence-electron chi connectivity index (χ2n) is 6.51. The van der Waals surface area contributed by atoms with Crippen molar-refractivity contribution in [3.8, 4) is 11.3 Å². The molecule has 2 heteroatoms. The third-order valence-electron chi connectivity index (χ3n) is 4.62. The second kappa shape index (κ2) is 10.5. The summed E-state index contributed by atoms with van der Waals surface area (Å²) in [5.41, 5.74) is 3.49. The van der Waals surface area contributed by atoms with Crippen LogP contribution in [0.25, 0.3) is 22.0 Å². The summed E-state index contributed by atoms with van der Waals surface area (Å²) in [5.74, 6) is 0. The largest absolute Gasteiger partial charge is 0.304 e. The first-order chi connectivity index (χ1) is 11.9. The number of fused-ring (bicyclic) bond motifs is 1. The van der Waals surface area contributed by atoms with Crippen molar-refractivity contribution in [2.45, 2.75) is 51.9 Å². The summed E-state index contributed by atoms with van der Waals surface area (Å²) < 4.78 is 0. The van der Waals surface area contributed by atoms with Crippen LogP contribution in [0.3, 0.4) is 0 Å². The summed E-state index contributed by atoms with van der Waals surface area (Å²) in [6.07, 6.45) is 11.1. The van der Waals surface area contributed by atoms with Crippen LogP contribution in [0, 0.1) is 6.07 Å². The Labute approximate surface area is 165 Å². The van der Waals surface area contributed by atoms with Crippen LogP contribution in [0.4, 0.5) is 0 Å². The van der Waals surface area contributed by atoms with Crippen LogP contribution in [0.15, 0.2) is 54.7 Å². The van der Waals surface area contributed by atoms with Gasteiger partial charge in [-0.1, -0.05) is 76.1 Å². The van der Waals surface area contributed by atoms with Gasteiger partial charge in [-0.05, 0) is 22.5 Å². The van der Waals surface area contributed by atoms with E-state index in [0.29, 0.717) is 0 Å². The molecule has 3 rings (SSSR count). The van der Waals surface area contributed by atoms with E-state index < -0.39 is 0 Å². The Bertz CT molecular complexity index is 759. The average Bonchev–Trinajstić information content (AvgIpc) is 2.65. The van der Waals surface area contributed by atoms with Crippen molar-refractivity contribution < 1.29 is 20.1 Å². The zero-order valence-electron chi connectivity index (χ0n) is 14.9. The Morgan fingerprint density at radius 1 is 0.880 bits per heavy atom. The van der Waals surface area contributed by atoms with Crippen LogP contribution in [0.5, 0.6) is 0 Å². The molecule has 0 amide bonds. The van der Waals surface area contributed by atoms with E-state index in [0.717, 1.165) is 17.7 Å². The number of rotatable bonds is 8. The van der Waals surface area contributed by atoms with Crippen molar-refractivity contribution in [3.05, 3.63) is 66.4 Å². The third kappa shape index (κ3) is 5.49. The number of pyridine rings is 1. The number of aryl methyl sites for hydroxylation is 1. The van der Waals surface area contributed by atoms with Crippen molar-refractivity contribution in [1.82, 2.24) is 4.98 Å². The van der Waals surface area contributed by atoms with Gasteiger partial charge >= 0.3 is 0 Å². The van der Waals surface area contributed by atoms with Gasteiger partial charge in [-0.25, -0.2) is 0 Å². The maximum Gasteiger partial charge on any atom is 0.0167 e. The van der Waals surface area contributed by atoms with Crippen molar-refractivity contribution in [3.63, 3.8) is 0 Å². The van der Waals surface area contributed by atoms with Crippen molar-refractivity contribution in [2.75, 3.05) is 0 Å². The molecule has 133 valence electrons. The van der Waals surface area contributed by atoms with Gasteiger partial charge in [0, 0.05) is 26.3 Å². The van der Waals surface area contributed by atoms with Crippen LogP contribution in [-0.4, -0.2) is 4.98 Å². The molecule has 1 heterocycles. The molecular weight excluding hydrogens is 482 g/mol. The first-order valence-corrected chi connectivity index (χ1v) is 9.23. The van der Waals surface area contributed by atoms with E-state index >= 15 is 0 Å². The molecule has 1 nitrogen and oxygen atoms in total. The minimum atomic E-state index is 0. The van der Waals surface area contributed by atoms with Crippen LogP contribution in [0.1, 0.15) is 51.0 Å². The molecule has 0 spiro atoms. The van der Waals surface area contributed by atoms with Crippen molar-refractivity contribution in [1.29, 1.82) is 0 Å². The van der Waals surface area contributed by atoms with Gasteiger partial charge in [-0.15, -0.1) is 35.4 Å². The third-order valence-corrected chi connectivity index (χ3v) is 4.62. The predicted molar refractivity (Wildman–Crippen MR) is 103 cm³/mol. The Hall–Kier alpha value is -1.50. The number of hydrogen-bond donors (Lipinski definition) is 0. The summed E-state index contributed by atoms with van der Waals surface area (Å²) in [6.45, 7) is 2.27. The molecule has 0 bridgehead atoms. The Morgan fingerprint density at radius 2 is 1.68 bits per heavy atom. The van der Waals surface area contributed by atoms with Gasteiger partial charge in [0.05, 0.1) is 0 Å². The summed E-state index contributed by atoms with van der Waals surface area (Å²) in [7, 11) is 0. The fourth-order valence-electron chi connectivity index (χ4n) is 3.20. The zero-order chi connectivity index (χ0) is 16.6. The smallest absolute Gasteiger partial charge is 0.0167 e. The summed E-state index contributed by atoms with van der Waals surface area (Å²) in [5, 5.41) is 2.42. The zero-order valence-corrected chi connectivity index (χ0v) is 17.3. The van der Waals surface area contributed by atoms with Gasteiger partial charge < -0.3 is 4.98 Å². The van der Waals surface area contributed by atoms with Gasteiger partial charge in [0.15, 0.2) is 0 Å². The number of hydrogen-bond acceptors (Lipinski definition) is 1. The summed E-state index contributed by atoms with van der Waals surface area (Å²) in [4.78, 5) is 4.58. The summed E-state index contributed by atoms with van der Waals surface area (Å²) >= 11 is 0. The molecule has 0 aliphatic carbocycles. The number of benzene rings is 2. The molecule has 0 atom stereocenters. The molecule has 0 saturated heterocycles. The van der Waals surface area contributed by atoms with E-state index in [1.165, 1.54) is 54.9 Å². The number of aromatic nitrogens is 1. The molecule has 1 radical (unpaired) electrons. The number of unbranched alkanes of at least 4 members (excludes halogenated alkanes) is 5. The maximum absolute atomic E-state index is 4.58. The topological polar surface area (TPSA) is 12.9 Å². The minimum absolute atomic E-state index is 0. The molecule has 0 saturated carbocycles. The van der Waals surface area contributed by atoms with Crippen LogP contribution >= 0.6 is 0 Å². The molecule has 2 aromatic carbocycles. The van der Waals surface area contributed by atoms with E-state index in [9.17, 15) is 0 Å². The molecular formula is C23H26IrN-. The quantitative estimate of drug-likeness (QED) is 0.247. The normalized spacial score (nSPS) is 10.6. The van der Waals surface area contributed by atoms with E-state index in [2.05, 4.69) is 66.5 Å². The molecule has 25 heavy (non-hydrogen) atoms. The molecule has 0 aliphatic rings. The Kier molecular flexibility index (Phi) is 8.31. The first-order valence-electron chi connectivity index (χ1n) is 9.23. The van der Waals surface area contributed by atoms with Crippen LogP contribution < -0.4 is 0 Å². The first kappa shape index (κ1) is 19.8. The van der Waals surface area contributed by atoms with Gasteiger partial charge in [0.1, 0.15) is 0 Å². The van der Waals surface area contributed by atoms with E-state index in [4.69, 9.17) is 0 Å². The molecule has 0 unspecified atom stereocenters. The van der Waals surface area contributed by atoms with Crippen molar-refractivity contribution >= 4 is 10.8 Å². The SMILES string of the molecule is CCCCCCCCc1c[c-]c(-c2nccc3ccccc23)cc1.[Ir]. The van der Waals surface area contributed by atoms with Crippen molar-refractivity contribution in [2.24, 2.45) is 0 Å². The van der Waals surface area contributed by atoms with Crippen LogP contribution in [0.2, 0.25) is 0 Å². The fourth-order valence-corrected chi connectivity index (χ4v) is 3.20. The van der Waals surface area contributed by atoms with Gasteiger partial charge in [0.2, 0.25) is 0 Å². The number of nitrogens with zero attached hydrogens (tertiary/aromatic N) is 1. The van der Waals surface area contributed by atoms with Gasteiger partial charge in [-0.3, -0.25) is 0 Å². The van der Waals surface area contributed by atoms with Gasteiger partial charge in [-0.2, -0.15) is 0 Å². The monoisotopic (exact) mass is 509 g/mol. The van der Waals surface area contributed by atoms with E-state index in [1.807, 2.05) is 6.20 Å². The molecule has 3 aromatic rings. The van der Waals surface area contributed by atoms with Crippen LogP contribution in [-0.2, 0) is 26.5 Å². The second-order valence-corrected chi connectivity index (χ2v) is 6.51. The predicted octanol–water partition coefficient (Wildman–Crippen LogP) is 6.60. The fraction of sp³-hybridized carbons (Fsp3) is 0.348. The van der Waals surface area contributed by atoms with E-state index in [-0.39, 0.29) is 20.1 Å². The minimum Gasteiger partial charge on any atom is -0.304 e. The molecule has 1 aromatic heterocycles. The van der Waals surface area contributed by atoms with Gasteiger partial charge in [0.25, 0.3) is 0 Å². The molecule has 0 fully saturated rings. The maximum atomic E-state index is 4.58. The Balaban J connectivity index is 0.00000225.